The Balaban J connectivity index is 1.94. The lowest BCUT2D eigenvalue weighted by Crippen LogP contribution is -2.48. The second kappa shape index (κ2) is 9.79. The Morgan fingerprint density at radius 2 is 2.04 bits per heavy atom. The van der Waals surface area contributed by atoms with Crippen molar-refractivity contribution in [3.8, 4) is 5.75 Å². The quantitative estimate of drug-likeness (QED) is 0.738. The molecule has 0 aliphatic carbocycles. The summed E-state index contributed by atoms with van der Waals surface area (Å²) < 4.78 is 5.44. The second-order valence-electron chi connectivity index (χ2n) is 6.28. The average molecular weight is 362 g/mol. The fourth-order valence-corrected chi connectivity index (χ4v) is 3.21. The lowest BCUT2D eigenvalue weighted by molar-refractivity contribution is -0.139. The van der Waals surface area contributed by atoms with Crippen LogP contribution in [0.2, 0.25) is 0 Å². The number of para-hydroxylation sites is 1. The Morgan fingerprint density at radius 1 is 1.27 bits per heavy atom. The van der Waals surface area contributed by atoms with E-state index in [4.69, 9.17) is 9.84 Å². The van der Waals surface area contributed by atoms with Crippen LogP contribution in [0.15, 0.2) is 24.3 Å². The maximum Gasteiger partial charge on any atom is 0.303 e. The van der Waals surface area contributed by atoms with E-state index in [1.165, 1.54) is 0 Å². The maximum absolute atomic E-state index is 12.5. The highest BCUT2D eigenvalue weighted by Crippen LogP contribution is 2.21. The van der Waals surface area contributed by atoms with Gasteiger partial charge in [-0.05, 0) is 44.7 Å². The van der Waals surface area contributed by atoms with Crippen LogP contribution in [0.4, 0.5) is 0 Å². The van der Waals surface area contributed by atoms with Gasteiger partial charge in [0.15, 0.2) is 0 Å². The van der Waals surface area contributed by atoms with Crippen LogP contribution in [-0.2, 0) is 9.59 Å². The fraction of sp³-hybridized carbons (Fsp3) is 0.526. The Bertz CT molecular complexity index is 647. The monoisotopic (exact) mass is 362 g/mol. The standard InChI is InChI=1S/C19H26N2O5/c1-2-26-16-9-4-3-8-15(16)19(25)20-13-17(22)21-12-6-5-7-14(21)10-11-18(23)24/h3-4,8-9,14H,2,5-7,10-13H2,1H3,(H,20,25)(H,23,24). The number of carboxylic acids is 1. The molecule has 0 radical (unpaired) electrons. The van der Waals surface area contributed by atoms with Crippen molar-refractivity contribution in [2.24, 2.45) is 0 Å². The first-order valence-corrected chi connectivity index (χ1v) is 9.04. The topological polar surface area (TPSA) is 95.9 Å². The van der Waals surface area contributed by atoms with E-state index in [-0.39, 0.29) is 30.8 Å². The molecule has 2 amide bonds. The fourth-order valence-electron chi connectivity index (χ4n) is 3.21. The summed E-state index contributed by atoms with van der Waals surface area (Å²) in [6.07, 6.45) is 3.18. The molecular weight excluding hydrogens is 336 g/mol. The molecule has 142 valence electrons. The molecule has 0 saturated carbocycles. The lowest BCUT2D eigenvalue weighted by Gasteiger charge is -2.35. The van der Waals surface area contributed by atoms with Gasteiger partial charge in [0.25, 0.3) is 5.91 Å². The molecule has 2 rings (SSSR count). The predicted octanol–water partition coefficient (Wildman–Crippen LogP) is 2.06. The van der Waals surface area contributed by atoms with E-state index >= 15 is 0 Å². The maximum atomic E-state index is 12.5. The molecule has 7 nitrogen and oxygen atoms in total. The molecule has 1 aromatic rings. The summed E-state index contributed by atoms with van der Waals surface area (Å²) in [5, 5.41) is 11.5. The SMILES string of the molecule is CCOc1ccccc1C(=O)NCC(=O)N1CCCCC1CCC(=O)O. The Labute approximate surface area is 153 Å². The molecule has 1 aromatic carbocycles. The minimum atomic E-state index is -0.858. The molecule has 1 fully saturated rings. The van der Waals surface area contributed by atoms with Gasteiger partial charge in [-0.1, -0.05) is 12.1 Å². The number of aliphatic carboxylic acids is 1. The number of carboxylic acid groups (broad SMARTS) is 1. The van der Waals surface area contributed by atoms with Gasteiger partial charge in [-0.2, -0.15) is 0 Å². The third kappa shape index (κ3) is 5.47. The molecule has 1 saturated heterocycles. The number of rotatable bonds is 8. The van der Waals surface area contributed by atoms with E-state index < -0.39 is 5.97 Å². The Kier molecular flexibility index (Phi) is 7.44. The summed E-state index contributed by atoms with van der Waals surface area (Å²) in [4.78, 5) is 37.4. The van der Waals surface area contributed by atoms with Crippen molar-refractivity contribution >= 4 is 17.8 Å². The third-order valence-corrected chi connectivity index (χ3v) is 4.47. The van der Waals surface area contributed by atoms with Crippen molar-refractivity contribution in [2.75, 3.05) is 19.7 Å². The van der Waals surface area contributed by atoms with Crippen LogP contribution >= 0.6 is 0 Å². The van der Waals surface area contributed by atoms with Crippen LogP contribution in [0, 0.1) is 0 Å². The highest BCUT2D eigenvalue weighted by molar-refractivity contribution is 5.98. The molecule has 26 heavy (non-hydrogen) atoms. The smallest absolute Gasteiger partial charge is 0.303 e. The minimum absolute atomic E-state index is 0.0442. The number of nitrogens with one attached hydrogen (secondary N) is 1. The summed E-state index contributed by atoms with van der Waals surface area (Å²) in [6.45, 7) is 2.78. The molecule has 1 aliphatic heterocycles. The molecule has 0 aromatic heterocycles. The number of benzene rings is 1. The summed E-state index contributed by atoms with van der Waals surface area (Å²) in [5.41, 5.74) is 0.392. The molecular formula is C19H26N2O5. The number of amides is 2. The zero-order valence-corrected chi connectivity index (χ0v) is 15.1. The first-order chi connectivity index (χ1) is 12.5. The molecule has 1 unspecified atom stereocenters. The molecule has 2 N–H and O–H groups in total. The summed E-state index contributed by atoms with van der Waals surface area (Å²) >= 11 is 0. The summed E-state index contributed by atoms with van der Waals surface area (Å²) in [6, 6.07) is 6.83. The van der Waals surface area contributed by atoms with Gasteiger partial charge in [0.05, 0.1) is 18.7 Å². The highest BCUT2D eigenvalue weighted by Gasteiger charge is 2.27. The number of ether oxygens (including phenoxy) is 1. The number of carbonyl (C=O) groups excluding carboxylic acids is 2. The number of carbonyl (C=O) groups is 3. The molecule has 1 atom stereocenters. The van der Waals surface area contributed by atoms with E-state index in [1.807, 2.05) is 6.92 Å². The lowest BCUT2D eigenvalue weighted by atomic mass is 9.98. The summed E-state index contributed by atoms with van der Waals surface area (Å²) in [5.74, 6) is -0.912. The third-order valence-electron chi connectivity index (χ3n) is 4.47. The Morgan fingerprint density at radius 3 is 2.77 bits per heavy atom. The molecule has 0 bridgehead atoms. The van der Waals surface area contributed by atoms with E-state index in [2.05, 4.69) is 5.32 Å². The van der Waals surface area contributed by atoms with Crippen molar-refractivity contribution in [3.05, 3.63) is 29.8 Å². The number of nitrogens with zero attached hydrogens (tertiary/aromatic N) is 1. The zero-order valence-electron chi connectivity index (χ0n) is 15.1. The number of piperidine rings is 1. The highest BCUT2D eigenvalue weighted by atomic mass is 16.5. The summed E-state index contributed by atoms with van der Waals surface area (Å²) in [7, 11) is 0. The van der Waals surface area contributed by atoms with E-state index in [9.17, 15) is 14.4 Å². The number of hydrogen-bond acceptors (Lipinski definition) is 4. The number of hydrogen-bond donors (Lipinski definition) is 2. The van der Waals surface area contributed by atoms with Crippen LogP contribution in [-0.4, -0.2) is 53.5 Å². The van der Waals surface area contributed by atoms with E-state index in [0.29, 0.717) is 30.9 Å². The van der Waals surface area contributed by atoms with Crippen molar-refractivity contribution in [1.82, 2.24) is 10.2 Å². The molecule has 7 heteroatoms. The molecule has 1 aliphatic rings. The van der Waals surface area contributed by atoms with E-state index in [0.717, 1.165) is 19.3 Å². The van der Waals surface area contributed by atoms with Crippen molar-refractivity contribution < 1.29 is 24.2 Å². The normalized spacial score (nSPS) is 16.8. The second-order valence-corrected chi connectivity index (χ2v) is 6.28. The molecule has 0 spiro atoms. The largest absolute Gasteiger partial charge is 0.493 e. The van der Waals surface area contributed by atoms with Crippen LogP contribution in [0.1, 0.15) is 49.4 Å². The number of likely N-dealkylation sites (tertiary alicyclic amines) is 1. The molecule has 1 heterocycles. The zero-order chi connectivity index (χ0) is 18.9. The van der Waals surface area contributed by atoms with Crippen LogP contribution in [0.3, 0.4) is 0 Å². The van der Waals surface area contributed by atoms with Crippen molar-refractivity contribution in [3.63, 3.8) is 0 Å². The van der Waals surface area contributed by atoms with Gasteiger partial charge in [-0.3, -0.25) is 14.4 Å². The predicted molar refractivity (Wildman–Crippen MR) is 96.2 cm³/mol. The van der Waals surface area contributed by atoms with Crippen molar-refractivity contribution in [1.29, 1.82) is 0 Å². The van der Waals surface area contributed by atoms with Crippen LogP contribution in [0.25, 0.3) is 0 Å². The Hall–Kier alpha value is -2.57. The van der Waals surface area contributed by atoms with Gasteiger partial charge in [-0.15, -0.1) is 0 Å². The van der Waals surface area contributed by atoms with Gasteiger partial charge in [-0.25, -0.2) is 0 Å². The van der Waals surface area contributed by atoms with Crippen molar-refractivity contribution in [2.45, 2.75) is 45.1 Å². The first-order valence-electron chi connectivity index (χ1n) is 9.04. The van der Waals surface area contributed by atoms with Gasteiger partial charge in [0, 0.05) is 19.0 Å². The van der Waals surface area contributed by atoms with Crippen LogP contribution < -0.4 is 10.1 Å². The first kappa shape index (κ1) is 19.8. The average Bonchev–Trinajstić information content (AvgIpc) is 2.65. The van der Waals surface area contributed by atoms with Gasteiger partial charge >= 0.3 is 5.97 Å². The van der Waals surface area contributed by atoms with Gasteiger partial charge < -0.3 is 20.1 Å². The van der Waals surface area contributed by atoms with Gasteiger partial charge in [0.2, 0.25) is 5.91 Å². The van der Waals surface area contributed by atoms with Crippen LogP contribution in [0.5, 0.6) is 5.75 Å². The van der Waals surface area contributed by atoms with E-state index in [1.54, 1.807) is 29.2 Å². The minimum Gasteiger partial charge on any atom is -0.493 e. The van der Waals surface area contributed by atoms with Gasteiger partial charge in [0.1, 0.15) is 5.75 Å².